The second-order valence-corrected chi connectivity index (χ2v) is 6.26. The Kier molecular flexibility index (Phi) is 5.55. The van der Waals surface area contributed by atoms with E-state index >= 15 is 0 Å². The van der Waals surface area contributed by atoms with Crippen molar-refractivity contribution in [3.63, 3.8) is 0 Å². The molecule has 1 aromatic carbocycles. The first-order chi connectivity index (χ1) is 12.7. The SMILES string of the molecule is COc1cc(N2CCCC2)c(OC)cc1N=Nc1cc(CC=O)n(C)c1. The van der Waals surface area contributed by atoms with E-state index in [1.54, 1.807) is 14.2 Å². The Bertz CT molecular complexity index is 807. The highest BCUT2D eigenvalue weighted by Gasteiger charge is 2.19. The van der Waals surface area contributed by atoms with Gasteiger partial charge in [-0.3, -0.25) is 0 Å². The fourth-order valence-electron chi connectivity index (χ4n) is 3.19. The number of aldehydes is 1. The van der Waals surface area contributed by atoms with E-state index in [-0.39, 0.29) is 0 Å². The third-order valence-corrected chi connectivity index (χ3v) is 4.59. The van der Waals surface area contributed by atoms with Gasteiger partial charge in [0.15, 0.2) is 0 Å². The predicted molar refractivity (Wildman–Crippen MR) is 100 cm³/mol. The topological polar surface area (TPSA) is 68.4 Å². The van der Waals surface area contributed by atoms with Crippen LogP contribution in [0.4, 0.5) is 17.1 Å². The maximum atomic E-state index is 10.7. The van der Waals surface area contributed by atoms with E-state index in [0.717, 1.165) is 36.5 Å². The van der Waals surface area contributed by atoms with Crippen molar-refractivity contribution in [2.45, 2.75) is 19.3 Å². The van der Waals surface area contributed by atoms with Crippen LogP contribution in [0.3, 0.4) is 0 Å². The lowest BCUT2D eigenvalue weighted by atomic mass is 10.2. The van der Waals surface area contributed by atoms with Crippen LogP contribution in [0.25, 0.3) is 0 Å². The minimum atomic E-state index is 0.355. The number of nitrogens with zero attached hydrogens (tertiary/aromatic N) is 4. The number of ether oxygens (including phenoxy) is 2. The second-order valence-electron chi connectivity index (χ2n) is 6.26. The van der Waals surface area contributed by atoms with E-state index in [4.69, 9.17) is 9.47 Å². The second kappa shape index (κ2) is 8.03. The molecule has 0 unspecified atom stereocenters. The van der Waals surface area contributed by atoms with E-state index < -0.39 is 0 Å². The number of azo groups is 1. The standard InChI is InChI=1S/C19H24N4O3/c1-22-13-14(10-15(22)6-9-24)20-21-16-11-19(26-3)17(12-18(16)25-2)23-7-4-5-8-23/h9-13H,4-8H2,1-3H3. The maximum Gasteiger partial charge on any atom is 0.148 e. The van der Waals surface area contributed by atoms with Gasteiger partial charge in [-0.2, -0.15) is 0 Å². The molecule has 1 aliphatic heterocycles. The summed E-state index contributed by atoms with van der Waals surface area (Å²) < 4.78 is 12.9. The lowest BCUT2D eigenvalue weighted by molar-refractivity contribution is -0.107. The lowest BCUT2D eigenvalue weighted by Crippen LogP contribution is -2.18. The summed E-state index contributed by atoms with van der Waals surface area (Å²) in [7, 11) is 5.16. The van der Waals surface area contributed by atoms with Gasteiger partial charge in [0.25, 0.3) is 0 Å². The molecule has 26 heavy (non-hydrogen) atoms. The molecular weight excluding hydrogens is 332 g/mol. The Balaban J connectivity index is 1.91. The Hall–Kier alpha value is -2.83. The summed E-state index contributed by atoms with van der Waals surface area (Å²) in [5.74, 6) is 1.41. The van der Waals surface area contributed by atoms with Gasteiger partial charge in [-0.1, -0.05) is 0 Å². The van der Waals surface area contributed by atoms with Crippen molar-refractivity contribution < 1.29 is 14.3 Å². The van der Waals surface area contributed by atoms with E-state index in [2.05, 4.69) is 15.1 Å². The van der Waals surface area contributed by atoms with Crippen molar-refractivity contribution in [3.05, 3.63) is 30.1 Å². The molecule has 138 valence electrons. The molecule has 1 saturated heterocycles. The molecule has 3 rings (SSSR count). The van der Waals surface area contributed by atoms with Gasteiger partial charge in [-0.15, -0.1) is 10.2 Å². The number of carbonyl (C=O) groups is 1. The largest absolute Gasteiger partial charge is 0.494 e. The molecule has 0 saturated carbocycles. The van der Waals surface area contributed by atoms with Crippen LogP contribution in [0, 0.1) is 0 Å². The molecule has 1 aliphatic rings. The Labute approximate surface area is 153 Å². The zero-order chi connectivity index (χ0) is 18.5. The van der Waals surface area contributed by atoms with Crippen LogP contribution in [-0.2, 0) is 18.3 Å². The lowest BCUT2D eigenvalue weighted by Gasteiger charge is -2.21. The monoisotopic (exact) mass is 356 g/mol. The van der Waals surface area contributed by atoms with Crippen molar-refractivity contribution in [2.24, 2.45) is 17.3 Å². The highest BCUT2D eigenvalue weighted by Crippen LogP contribution is 2.41. The molecule has 0 amide bonds. The molecule has 7 heteroatoms. The summed E-state index contributed by atoms with van der Waals surface area (Å²) >= 11 is 0. The summed E-state index contributed by atoms with van der Waals surface area (Å²) in [6, 6.07) is 5.66. The fraction of sp³-hybridized carbons (Fsp3) is 0.421. The van der Waals surface area contributed by atoms with Gasteiger partial charge in [0.05, 0.1) is 19.9 Å². The van der Waals surface area contributed by atoms with Crippen LogP contribution >= 0.6 is 0 Å². The van der Waals surface area contributed by atoms with E-state index in [1.165, 1.54) is 12.8 Å². The van der Waals surface area contributed by atoms with Crippen molar-refractivity contribution in [3.8, 4) is 11.5 Å². The fourth-order valence-corrected chi connectivity index (χ4v) is 3.19. The average Bonchev–Trinajstić information content (AvgIpc) is 3.30. The molecule has 2 aromatic rings. The van der Waals surface area contributed by atoms with Crippen molar-refractivity contribution in [1.82, 2.24) is 4.57 Å². The zero-order valence-electron chi connectivity index (χ0n) is 15.4. The molecule has 0 spiro atoms. The molecular formula is C19H24N4O3. The molecule has 0 atom stereocenters. The summed E-state index contributed by atoms with van der Waals surface area (Å²) in [5, 5.41) is 8.63. The van der Waals surface area contributed by atoms with Crippen LogP contribution in [-0.4, -0.2) is 38.2 Å². The van der Waals surface area contributed by atoms with E-state index in [1.807, 2.05) is 36.0 Å². The minimum Gasteiger partial charge on any atom is -0.494 e. The Morgan fingerprint density at radius 2 is 1.81 bits per heavy atom. The van der Waals surface area contributed by atoms with Crippen LogP contribution in [0.2, 0.25) is 0 Å². The number of rotatable bonds is 7. The van der Waals surface area contributed by atoms with E-state index in [9.17, 15) is 4.79 Å². The number of hydrogen-bond acceptors (Lipinski definition) is 6. The van der Waals surface area contributed by atoms with Gasteiger partial charge in [-0.05, 0) is 18.9 Å². The van der Waals surface area contributed by atoms with Crippen LogP contribution in [0.5, 0.6) is 11.5 Å². The van der Waals surface area contributed by atoms with Crippen LogP contribution < -0.4 is 14.4 Å². The number of aryl methyl sites for hydroxylation is 1. The van der Waals surface area contributed by atoms with E-state index in [0.29, 0.717) is 23.5 Å². The maximum absolute atomic E-state index is 10.7. The number of anilines is 1. The summed E-state index contributed by atoms with van der Waals surface area (Å²) in [5.41, 5.74) is 3.21. The minimum absolute atomic E-state index is 0.355. The molecule has 7 nitrogen and oxygen atoms in total. The molecule has 0 aliphatic carbocycles. The highest BCUT2D eigenvalue weighted by atomic mass is 16.5. The normalized spacial score (nSPS) is 14.2. The Morgan fingerprint density at radius 1 is 1.08 bits per heavy atom. The van der Waals surface area contributed by atoms with Crippen LogP contribution in [0.15, 0.2) is 34.6 Å². The summed E-state index contributed by atoms with van der Waals surface area (Å²) in [6.45, 7) is 2.04. The highest BCUT2D eigenvalue weighted by molar-refractivity contribution is 5.70. The van der Waals surface area contributed by atoms with Gasteiger partial charge in [0, 0.05) is 50.6 Å². The smallest absolute Gasteiger partial charge is 0.148 e. The number of carbonyl (C=O) groups excluding carboxylic acids is 1. The summed E-state index contributed by atoms with van der Waals surface area (Å²) in [6.07, 6.45) is 5.44. The predicted octanol–water partition coefficient (Wildman–Crippen LogP) is 3.80. The van der Waals surface area contributed by atoms with Gasteiger partial charge in [0.1, 0.15) is 29.2 Å². The van der Waals surface area contributed by atoms with Gasteiger partial charge < -0.3 is 23.7 Å². The number of methoxy groups -OCH3 is 2. The van der Waals surface area contributed by atoms with Crippen molar-refractivity contribution in [1.29, 1.82) is 0 Å². The average molecular weight is 356 g/mol. The third-order valence-electron chi connectivity index (χ3n) is 4.59. The molecule has 0 N–H and O–H groups in total. The number of benzene rings is 1. The van der Waals surface area contributed by atoms with Crippen molar-refractivity contribution >= 4 is 23.3 Å². The number of hydrogen-bond donors (Lipinski definition) is 0. The first kappa shape index (κ1) is 18.0. The van der Waals surface area contributed by atoms with Gasteiger partial charge in [0.2, 0.25) is 0 Å². The first-order valence-corrected chi connectivity index (χ1v) is 8.68. The molecule has 0 radical (unpaired) electrons. The molecule has 0 bridgehead atoms. The quantitative estimate of drug-likeness (QED) is 0.559. The molecule has 2 heterocycles. The van der Waals surface area contributed by atoms with Crippen LogP contribution in [0.1, 0.15) is 18.5 Å². The van der Waals surface area contributed by atoms with Gasteiger partial charge >= 0.3 is 0 Å². The third kappa shape index (κ3) is 3.71. The molecule has 1 aromatic heterocycles. The number of aromatic nitrogens is 1. The molecule has 1 fully saturated rings. The first-order valence-electron chi connectivity index (χ1n) is 8.68. The Morgan fingerprint density at radius 3 is 2.46 bits per heavy atom. The zero-order valence-corrected chi connectivity index (χ0v) is 15.4. The van der Waals surface area contributed by atoms with Crippen molar-refractivity contribution in [2.75, 3.05) is 32.2 Å². The van der Waals surface area contributed by atoms with Gasteiger partial charge in [-0.25, -0.2) is 0 Å². The summed E-state index contributed by atoms with van der Waals surface area (Å²) in [4.78, 5) is 13.0.